The molecule has 4 nitrogen and oxygen atoms in total. The van der Waals surface area contributed by atoms with Gasteiger partial charge < -0.3 is 18.9 Å². The van der Waals surface area contributed by atoms with Crippen LogP contribution in [0.3, 0.4) is 0 Å². The zero-order valence-electron chi connectivity index (χ0n) is 40.4. The summed E-state index contributed by atoms with van der Waals surface area (Å²) in [5, 5.41) is 0. The molecule has 0 spiro atoms. The van der Waals surface area contributed by atoms with Crippen LogP contribution in [0.5, 0.6) is 0 Å². The van der Waals surface area contributed by atoms with Crippen LogP contribution in [0, 0.1) is 29.6 Å². The third-order valence-electron chi connectivity index (χ3n) is 11.0. The van der Waals surface area contributed by atoms with Crippen molar-refractivity contribution in [2.45, 2.75) is 249 Å². The van der Waals surface area contributed by atoms with E-state index < -0.39 is 0 Å². The summed E-state index contributed by atoms with van der Waals surface area (Å²) in [5.74, 6) is 3.71. The van der Waals surface area contributed by atoms with Crippen LogP contribution in [0.2, 0.25) is 0 Å². The zero-order chi connectivity index (χ0) is 42.3. The molecule has 0 rings (SSSR count). The van der Waals surface area contributed by atoms with Gasteiger partial charge in [-0.1, -0.05) is 104 Å². The normalized spacial score (nSPS) is 15.1. The molecule has 330 valence electrons. The number of rotatable bonds is 35. The summed E-state index contributed by atoms with van der Waals surface area (Å²) in [7, 11) is 0. The molecule has 0 fully saturated rings. The predicted octanol–water partition coefficient (Wildman–Crippen LogP) is 16.2. The molecule has 55 heavy (non-hydrogen) atoms. The third-order valence-corrected chi connectivity index (χ3v) is 11.0. The van der Waals surface area contributed by atoms with Crippen LogP contribution in [-0.4, -0.2) is 49.8 Å². The van der Waals surface area contributed by atoms with Gasteiger partial charge in [0.05, 0.1) is 23.4 Å². The van der Waals surface area contributed by atoms with E-state index in [-0.39, 0.29) is 11.2 Å². The van der Waals surface area contributed by atoms with Crippen molar-refractivity contribution >= 4 is 0 Å². The van der Waals surface area contributed by atoms with Crippen molar-refractivity contribution in [1.29, 1.82) is 0 Å². The van der Waals surface area contributed by atoms with Gasteiger partial charge in [-0.3, -0.25) is 0 Å². The van der Waals surface area contributed by atoms with Gasteiger partial charge in [0, 0.05) is 26.4 Å². The Morgan fingerprint density at radius 1 is 0.455 bits per heavy atom. The lowest BCUT2D eigenvalue weighted by Gasteiger charge is -2.26. The van der Waals surface area contributed by atoms with E-state index in [0.717, 1.165) is 63.4 Å². The molecule has 0 aromatic heterocycles. The number of hydrogen-bond donors (Lipinski definition) is 0. The van der Waals surface area contributed by atoms with Crippen LogP contribution in [-0.2, 0) is 18.9 Å². The quantitative estimate of drug-likeness (QED) is 0.0474. The van der Waals surface area contributed by atoms with Crippen LogP contribution >= 0.6 is 0 Å². The Kier molecular flexibility index (Phi) is 35.1. The lowest BCUT2D eigenvalue weighted by molar-refractivity contribution is -0.0282. The maximum atomic E-state index is 6.25. The lowest BCUT2D eigenvalue weighted by Crippen LogP contribution is -2.25. The van der Waals surface area contributed by atoms with Crippen LogP contribution in [0.1, 0.15) is 226 Å². The molecule has 0 N–H and O–H groups in total. The number of ether oxygens (including phenoxy) is 4. The van der Waals surface area contributed by atoms with Gasteiger partial charge in [0.15, 0.2) is 0 Å². The fraction of sp³-hybridized carbons (Fsp3) is 0.922. The highest BCUT2D eigenvalue weighted by atomic mass is 16.5. The average Bonchev–Trinajstić information content (AvgIpc) is 3.04. The molecule has 0 bridgehead atoms. The second-order valence-electron chi connectivity index (χ2n) is 20.3. The van der Waals surface area contributed by atoms with Gasteiger partial charge in [0.25, 0.3) is 0 Å². The molecule has 5 atom stereocenters. The molecule has 4 heteroatoms. The molecule has 0 aromatic rings. The molecule has 0 radical (unpaired) electrons. The van der Waals surface area contributed by atoms with Crippen molar-refractivity contribution in [3.05, 3.63) is 24.3 Å². The minimum absolute atomic E-state index is 0.00866. The summed E-state index contributed by atoms with van der Waals surface area (Å²) in [6.45, 7) is 45.0. The number of allylic oxidation sites excluding steroid dienone is 2. The largest absolute Gasteiger partial charge is 0.379 e. The summed E-state index contributed by atoms with van der Waals surface area (Å²) in [4.78, 5) is 0. The van der Waals surface area contributed by atoms with Crippen molar-refractivity contribution in [2.75, 3.05) is 26.4 Å². The Labute approximate surface area is 347 Å². The first kappa shape index (κ1) is 56.4. The fourth-order valence-corrected chi connectivity index (χ4v) is 6.93. The Morgan fingerprint density at radius 3 is 1.40 bits per heavy atom. The van der Waals surface area contributed by atoms with E-state index in [0.29, 0.717) is 24.0 Å². The van der Waals surface area contributed by atoms with Gasteiger partial charge in [-0.2, -0.15) is 0 Å². The highest BCUT2D eigenvalue weighted by Crippen LogP contribution is 2.24. The number of hydrogen-bond acceptors (Lipinski definition) is 4. The monoisotopic (exact) mass is 779 g/mol. The Morgan fingerprint density at radius 2 is 0.909 bits per heavy atom. The maximum Gasteiger partial charge on any atom is 0.0626 e. The van der Waals surface area contributed by atoms with E-state index in [1.807, 2.05) is 0 Å². The van der Waals surface area contributed by atoms with Crippen LogP contribution in [0.25, 0.3) is 0 Å². The highest BCUT2D eigenvalue weighted by molar-refractivity contribution is 4.88. The van der Waals surface area contributed by atoms with Gasteiger partial charge in [0.2, 0.25) is 0 Å². The molecular weight excluding hydrogens is 677 g/mol. The van der Waals surface area contributed by atoms with E-state index in [1.165, 1.54) is 114 Å². The zero-order valence-corrected chi connectivity index (χ0v) is 40.4. The maximum absolute atomic E-state index is 6.25. The van der Waals surface area contributed by atoms with Crippen LogP contribution in [0.15, 0.2) is 24.3 Å². The van der Waals surface area contributed by atoms with E-state index >= 15 is 0 Å². The van der Waals surface area contributed by atoms with Gasteiger partial charge in [-0.15, -0.1) is 13.2 Å². The first-order chi connectivity index (χ1) is 25.6. The summed E-state index contributed by atoms with van der Waals surface area (Å²) in [6.07, 6.45) is 24.4. The molecule has 0 saturated carbocycles. The molecule has 0 saturated heterocycles. The van der Waals surface area contributed by atoms with E-state index in [9.17, 15) is 0 Å². The first-order valence-electron chi connectivity index (χ1n) is 23.4. The Bertz CT molecular complexity index is 884. The van der Waals surface area contributed by atoms with Crippen molar-refractivity contribution in [3.8, 4) is 0 Å². The molecule has 0 aliphatic carbocycles. The van der Waals surface area contributed by atoms with Gasteiger partial charge in [0.1, 0.15) is 0 Å². The van der Waals surface area contributed by atoms with E-state index in [2.05, 4.69) is 117 Å². The minimum atomic E-state index is -0.0159. The Hall–Kier alpha value is -0.680. The van der Waals surface area contributed by atoms with Crippen molar-refractivity contribution < 1.29 is 18.9 Å². The molecule has 0 heterocycles. The summed E-state index contributed by atoms with van der Waals surface area (Å²) >= 11 is 0. The minimum Gasteiger partial charge on any atom is -0.379 e. The highest BCUT2D eigenvalue weighted by Gasteiger charge is 2.19. The molecule has 0 amide bonds. The summed E-state index contributed by atoms with van der Waals surface area (Å²) in [6, 6.07) is 0. The van der Waals surface area contributed by atoms with E-state index in [1.54, 1.807) is 0 Å². The lowest BCUT2D eigenvalue weighted by atomic mass is 9.95. The topological polar surface area (TPSA) is 36.9 Å². The molecular formula is C51H102O4. The molecule has 0 aromatic carbocycles. The van der Waals surface area contributed by atoms with Crippen molar-refractivity contribution in [3.63, 3.8) is 0 Å². The van der Waals surface area contributed by atoms with Gasteiger partial charge in [-0.05, 0) is 163 Å². The standard InChI is InChI=1S/C26H52O2.C25H50O2/c1-22(2)14-12-16-23(3)15-10-11-20-28-26(8,9)19-13-17-24(4)18-21-27-25(5,6)7;1-20(2)12-11-14-23(7)13-9-10-18-27-25(21(3)4)16-15-24(8)17-19-26-22(5)6/h23-24H,1,10-21H2,2-9H3;21-25H,1,9-19H2,2-8H3. The van der Waals surface area contributed by atoms with Gasteiger partial charge >= 0.3 is 0 Å². The van der Waals surface area contributed by atoms with Crippen LogP contribution in [0.4, 0.5) is 0 Å². The Balaban J connectivity index is 0. The average molecular weight is 779 g/mol. The second kappa shape index (κ2) is 34.2. The van der Waals surface area contributed by atoms with E-state index in [4.69, 9.17) is 18.9 Å². The fourth-order valence-electron chi connectivity index (χ4n) is 6.93. The third kappa shape index (κ3) is 42.7. The summed E-state index contributed by atoms with van der Waals surface area (Å²) < 4.78 is 24.0. The molecule has 0 aliphatic heterocycles. The van der Waals surface area contributed by atoms with Crippen molar-refractivity contribution in [1.82, 2.24) is 0 Å². The molecule has 5 unspecified atom stereocenters. The predicted molar refractivity (Wildman–Crippen MR) is 245 cm³/mol. The van der Waals surface area contributed by atoms with Crippen LogP contribution < -0.4 is 0 Å². The summed E-state index contributed by atoms with van der Waals surface area (Å²) in [5.41, 5.74) is 2.62. The van der Waals surface area contributed by atoms with Gasteiger partial charge in [-0.25, -0.2) is 0 Å². The number of unbranched alkanes of at least 4 members (excludes halogenated alkanes) is 2. The molecule has 0 aliphatic rings. The smallest absolute Gasteiger partial charge is 0.0626 e. The SMILES string of the molecule is C=C(C)CCCC(C)CCCCOC(C)(C)CCCC(C)CCOC(C)(C)C.C=C(C)CCCC(C)CCCCOC(CCC(C)CCOC(C)C)C(C)C. The second-order valence-corrected chi connectivity index (χ2v) is 20.3. The van der Waals surface area contributed by atoms with Crippen molar-refractivity contribution in [2.24, 2.45) is 29.6 Å². The first-order valence-corrected chi connectivity index (χ1v) is 23.4.